The van der Waals surface area contributed by atoms with Crippen LogP contribution < -0.4 is 0 Å². The molecular formula is C17H24. The Morgan fingerprint density at radius 2 is 1.53 bits per heavy atom. The first kappa shape index (κ1) is 12.4. The molecule has 0 unspecified atom stereocenters. The SMILES string of the molecule is CC(C)CC1(CC(C)C)C=Cc2ccccc21. The van der Waals surface area contributed by atoms with Crippen LogP contribution in [0.3, 0.4) is 0 Å². The fourth-order valence-electron chi connectivity index (χ4n) is 3.33. The van der Waals surface area contributed by atoms with Gasteiger partial charge in [0.05, 0.1) is 0 Å². The smallest absolute Gasteiger partial charge is 0.0146 e. The van der Waals surface area contributed by atoms with Crippen LogP contribution in [0.2, 0.25) is 0 Å². The van der Waals surface area contributed by atoms with Crippen molar-refractivity contribution < 1.29 is 0 Å². The van der Waals surface area contributed by atoms with Crippen molar-refractivity contribution in [2.45, 2.75) is 46.0 Å². The van der Waals surface area contributed by atoms with Crippen LogP contribution >= 0.6 is 0 Å². The topological polar surface area (TPSA) is 0 Å². The van der Waals surface area contributed by atoms with Gasteiger partial charge < -0.3 is 0 Å². The Kier molecular flexibility index (Phi) is 3.42. The van der Waals surface area contributed by atoms with E-state index in [4.69, 9.17) is 0 Å². The van der Waals surface area contributed by atoms with Crippen molar-refractivity contribution >= 4 is 6.08 Å². The van der Waals surface area contributed by atoms with Crippen molar-refractivity contribution in [2.24, 2.45) is 11.8 Å². The van der Waals surface area contributed by atoms with Gasteiger partial charge in [0.25, 0.3) is 0 Å². The minimum Gasteiger partial charge on any atom is -0.0733 e. The van der Waals surface area contributed by atoms with Crippen LogP contribution in [-0.2, 0) is 5.41 Å². The highest BCUT2D eigenvalue weighted by Crippen LogP contribution is 2.44. The third-order valence-electron chi connectivity index (χ3n) is 3.62. The van der Waals surface area contributed by atoms with E-state index in [-0.39, 0.29) is 0 Å². The Morgan fingerprint density at radius 3 is 2.12 bits per heavy atom. The number of hydrogen-bond acceptors (Lipinski definition) is 0. The summed E-state index contributed by atoms with van der Waals surface area (Å²) in [5.41, 5.74) is 3.26. The van der Waals surface area contributed by atoms with Gasteiger partial charge in [-0.05, 0) is 35.8 Å². The van der Waals surface area contributed by atoms with Gasteiger partial charge in [0.15, 0.2) is 0 Å². The molecule has 1 aliphatic rings. The summed E-state index contributed by atoms with van der Waals surface area (Å²) in [7, 11) is 0. The van der Waals surface area contributed by atoms with Gasteiger partial charge in [-0.3, -0.25) is 0 Å². The first-order chi connectivity index (χ1) is 8.03. The van der Waals surface area contributed by atoms with Crippen LogP contribution in [0, 0.1) is 11.8 Å². The molecule has 0 atom stereocenters. The fourth-order valence-corrected chi connectivity index (χ4v) is 3.33. The number of benzene rings is 1. The van der Waals surface area contributed by atoms with E-state index in [2.05, 4.69) is 64.1 Å². The second-order valence-corrected chi connectivity index (χ2v) is 6.27. The molecule has 0 amide bonds. The highest BCUT2D eigenvalue weighted by atomic mass is 14.4. The predicted molar refractivity (Wildman–Crippen MR) is 76.1 cm³/mol. The number of fused-ring (bicyclic) bond motifs is 1. The Hall–Kier alpha value is -1.04. The van der Waals surface area contributed by atoms with E-state index in [0.29, 0.717) is 5.41 Å². The standard InChI is InChI=1S/C17H24/c1-13(2)11-17(12-14(3)4)10-9-15-7-5-6-8-16(15)17/h5-10,13-14H,11-12H2,1-4H3. The first-order valence-corrected chi connectivity index (χ1v) is 6.82. The van der Waals surface area contributed by atoms with Crippen LogP contribution in [0.4, 0.5) is 0 Å². The number of rotatable bonds is 4. The number of allylic oxidation sites excluding steroid dienone is 1. The van der Waals surface area contributed by atoms with Crippen molar-refractivity contribution in [3.63, 3.8) is 0 Å². The zero-order valence-electron chi connectivity index (χ0n) is 11.5. The van der Waals surface area contributed by atoms with Crippen LogP contribution in [0.25, 0.3) is 6.08 Å². The van der Waals surface area contributed by atoms with Crippen LogP contribution in [-0.4, -0.2) is 0 Å². The van der Waals surface area contributed by atoms with Crippen molar-refractivity contribution in [2.75, 3.05) is 0 Å². The lowest BCUT2D eigenvalue weighted by atomic mass is 9.71. The molecule has 2 rings (SSSR count). The van der Waals surface area contributed by atoms with Crippen molar-refractivity contribution in [1.82, 2.24) is 0 Å². The molecule has 0 aromatic heterocycles. The summed E-state index contributed by atoms with van der Waals surface area (Å²) in [5.74, 6) is 1.48. The van der Waals surface area contributed by atoms with Gasteiger partial charge in [-0.15, -0.1) is 0 Å². The summed E-state index contributed by atoms with van der Waals surface area (Å²) in [6.45, 7) is 9.32. The third kappa shape index (κ3) is 2.46. The van der Waals surface area contributed by atoms with E-state index < -0.39 is 0 Å². The lowest BCUT2D eigenvalue weighted by Gasteiger charge is -2.33. The first-order valence-electron chi connectivity index (χ1n) is 6.82. The summed E-state index contributed by atoms with van der Waals surface area (Å²) < 4.78 is 0. The van der Waals surface area contributed by atoms with E-state index in [1.807, 2.05) is 0 Å². The maximum absolute atomic E-state index is 2.46. The average Bonchev–Trinajstić information content (AvgIpc) is 2.56. The molecule has 1 aromatic carbocycles. The summed E-state index contributed by atoms with van der Waals surface area (Å²) in [6.07, 6.45) is 7.30. The zero-order chi connectivity index (χ0) is 12.5. The predicted octanol–water partition coefficient (Wildman–Crippen LogP) is 5.04. The molecule has 0 nitrogen and oxygen atoms in total. The Labute approximate surface area is 106 Å². The second kappa shape index (κ2) is 4.68. The molecule has 0 radical (unpaired) electrons. The number of hydrogen-bond donors (Lipinski definition) is 0. The maximum atomic E-state index is 2.46. The molecule has 1 aromatic rings. The molecule has 1 aliphatic carbocycles. The van der Waals surface area contributed by atoms with Crippen LogP contribution in [0.1, 0.15) is 51.7 Å². The lowest BCUT2D eigenvalue weighted by Crippen LogP contribution is -2.26. The van der Waals surface area contributed by atoms with Crippen LogP contribution in [0.5, 0.6) is 0 Å². The quantitative estimate of drug-likeness (QED) is 0.677. The molecule has 0 heteroatoms. The minimum absolute atomic E-state index is 0.291. The molecule has 0 spiro atoms. The minimum atomic E-state index is 0.291. The van der Waals surface area contributed by atoms with Crippen molar-refractivity contribution in [1.29, 1.82) is 0 Å². The van der Waals surface area contributed by atoms with E-state index in [9.17, 15) is 0 Å². The Balaban J connectivity index is 2.39. The summed E-state index contributed by atoms with van der Waals surface area (Å²) >= 11 is 0. The molecule has 0 saturated heterocycles. The summed E-state index contributed by atoms with van der Waals surface area (Å²) in [6, 6.07) is 8.89. The van der Waals surface area contributed by atoms with E-state index in [1.54, 1.807) is 5.56 Å². The van der Waals surface area contributed by atoms with Gasteiger partial charge in [0.1, 0.15) is 0 Å². The van der Waals surface area contributed by atoms with E-state index >= 15 is 0 Å². The molecule has 0 heterocycles. The van der Waals surface area contributed by atoms with Gasteiger partial charge >= 0.3 is 0 Å². The molecule has 92 valence electrons. The molecule has 0 bridgehead atoms. The second-order valence-electron chi connectivity index (χ2n) is 6.27. The van der Waals surface area contributed by atoms with Crippen molar-refractivity contribution in [3.05, 3.63) is 41.5 Å². The average molecular weight is 228 g/mol. The lowest BCUT2D eigenvalue weighted by molar-refractivity contribution is 0.346. The van der Waals surface area contributed by atoms with E-state index in [0.717, 1.165) is 11.8 Å². The van der Waals surface area contributed by atoms with Gasteiger partial charge in [-0.1, -0.05) is 64.1 Å². The molecule has 0 saturated carbocycles. The van der Waals surface area contributed by atoms with Gasteiger partial charge in [0, 0.05) is 5.41 Å². The zero-order valence-corrected chi connectivity index (χ0v) is 11.5. The van der Waals surface area contributed by atoms with Crippen molar-refractivity contribution in [3.8, 4) is 0 Å². The third-order valence-corrected chi connectivity index (χ3v) is 3.62. The summed E-state index contributed by atoms with van der Waals surface area (Å²) in [5, 5.41) is 0. The molecule has 0 fully saturated rings. The normalized spacial score (nSPS) is 16.8. The van der Waals surface area contributed by atoms with Gasteiger partial charge in [0.2, 0.25) is 0 Å². The Bertz CT molecular complexity index is 400. The molecule has 0 aliphatic heterocycles. The molecule has 17 heavy (non-hydrogen) atoms. The largest absolute Gasteiger partial charge is 0.0733 e. The highest BCUT2D eigenvalue weighted by molar-refractivity contribution is 5.65. The fraction of sp³-hybridized carbons (Fsp3) is 0.529. The molecule has 0 N–H and O–H groups in total. The molecular weight excluding hydrogens is 204 g/mol. The van der Waals surface area contributed by atoms with Gasteiger partial charge in [-0.25, -0.2) is 0 Å². The highest BCUT2D eigenvalue weighted by Gasteiger charge is 2.35. The summed E-state index contributed by atoms with van der Waals surface area (Å²) in [4.78, 5) is 0. The van der Waals surface area contributed by atoms with Crippen LogP contribution in [0.15, 0.2) is 30.3 Å². The maximum Gasteiger partial charge on any atom is 0.0146 e. The van der Waals surface area contributed by atoms with Gasteiger partial charge in [-0.2, -0.15) is 0 Å². The Morgan fingerprint density at radius 1 is 0.941 bits per heavy atom. The monoisotopic (exact) mass is 228 g/mol. The van der Waals surface area contributed by atoms with E-state index in [1.165, 1.54) is 18.4 Å².